The molecule has 0 atom stereocenters. The van der Waals surface area contributed by atoms with Crippen molar-refractivity contribution in [2.45, 2.75) is 45.2 Å². The predicted molar refractivity (Wildman–Crippen MR) is 75.0 cm³/mol. The second-order valence-corrected chi connectivity index (χ2v) is 5.39. The van der Waals surface area contributed by atoms with E-state index in [1.807, 2.05) is 24.1 Å². The Morgan fingerprint density at radius 3 is 2.74 bits per heavy atom. The van der Waals surface area contributed by atoms with E-state index in [0.29, 0.717) is 6.04 Å². The number of nitrogens with one attached hydrogen (secondary N) is 1. The maximum Gasteiger partial charge on any atom is 0.0758 e. The van der Waals surface area contributed by atoms with Gasteiger partial charge in [-0.15, -0.1) is 0 Å². The molecule has 3 rings (SSSR count). The van der Waals surface area contributed by atoms with E-state index in [1.165, 1.54) is 31.2 Å². The van der Waals surface area contributed by atoms with Crippen molar-refractivity contribution in [3.63, 3.8) is 0 Å². The van der Waals surface area contributed by atoms with Gasteiger partial charge in [0.15, 0.2) is 0 Å². The van der Waals surface area contributed by atoms with Crippen LogP contribution in [-0.4, -0.2) is 19.6 Å². The van der Waals surface area contributed by atoms with Gasteiger partial charge in [-0.05, 0) is 19.8 Å². The van der Waals surface area contributed by atoms with E-state index in [1.54, 1.807) is 0 Å². The first-order valence-corrected chi connectivity index (χ1v) is 6.99. The van der Waals surface area contributed by atoms with Crippen molar-refractivity contribution in [1.82, 2.24) is 19.6 Å². The Bertz CT molecular complexity index is 548. The number of rotatable bonds is 4. The summed E-state index contributed by atoms with van der Waals surface area (Å²) in [6.45, 7) is 2.87. The normalized spacial score (nSPS) is 16.1. The fraction of sp³-hybridized carbons (Fsp3) is 0.571. The molecule has 1 saturated carbocycles. The zero-order valence-corrected chi connectivity index (χ0v) is 11.6. The van der Waals surface area contributed by atoms with Crippen LogP contribution >= 0.6 is 0 Å². The van der Waals surface area contributed by atoms with Gasteiger partial charge in [0.2, 0.25) is 0 Å². The van der Waals surface area contributed by atoms with E-state index in [2.05, 4.69) is 33.3 Å². The van der Waals surface area contributed by atoms with Gasteiger partial charge in [0.05, 0.1) is 29.8 Å². The number of aryl methyl sites for hydroxylation is 1. The van der Waals surface area contributed by atoms with Gasteiger partial charge in [0.25, 0.3) is 0 Å². The molecule has 2 aromatic rings. The molecule has 2 aromatic heterocycles. The molecular formula is C14H21N5. The number of aromatic nitrogens is 4. The molecule has 0 radical (unpaired) electrons. The van der Waals surface area contributed by atoms with Crippen LogP contribution in [0.1, 0.15) is 43.0 Å². The largest absolute Gasteiger partial charge is 0.378 e. The summed E-state index contributed by atoms with van der Waals surface area (Å²) < 4.78 is 4.02. The first kappa shape index (κ1) is 12.3. The Kier molecular flexibility index (Phi) is 3.27. The molecule has 0 amide bonds. The lowest BCUT2D eigenvalue weighted by Gasteiger charge is -2.08. The lowest BCUT2D eigenvalue weighted by Crippen LogP contribution is -2.05. The first-order valence-electron chi connectivity index (χ1n) is 6.99. The van der Waals surface area contributed by atoms with Crippen LogP contribution < -0.4 is 5.32 Å². The smallest absolute Gasteiger partial charge is 0.0758 e. The molecule has 0 spiro atoms. The van der Waals surface area contributed by atoms with Crippen LogP contribution in [-0.2, 0) is 13.6 Å². The summed E-state index contributed by atoms with van der Waals surface area (Å²) in [4.78, 5) is 0. The zero-order chi connectivity index (χ0) is 13.2. The van der Waals surface area contributed by atoms with Gasteiger partial charge in [-0.25, -0.2) is 0 Å². The Morgan fingerprint density at radius 1 is 1.26 bits per heavy atom. The third-order valence-electron chi connectivity index (χ3n) is 4.07. The Balaban J connectivity index is 1.62. The van der Waals surface area contributed by atoms with Crippen molar-refractivity contribution in [2.75, 3.05) is 5.32 Å². The maximum absolute atomic E-state index is 4.49. The van der Waals surface area contributed by atoms with Crippen LogP contribution in [0.3, 0.4) is 0 Å². The highest BCUT2D eigenvalue weighted by atomic mass is 15.3. The molecule has 0 saturated heterocycles. The summed E-state index contributed by atoms with van der Waals surface area (Å²) in [5.41, 5.74) is 3.48. The molecule has 5 heteroatoms. The van der Waals surface area contributed by atoms with E-state index in [9.17, 15) is 0 Å². The van der Waals surface area contributed by atoms with Gasteiger partial charge in [-0.2, -0.15) is 10.2 Å². The van der Waals surface area contributed by atoms with Crippen molar-refractivity contribution in [1.29, 1.82) is 0 Å². The highest BCUT2D eigenvalue weighted by molar-refractivity contribution is 5.45. The zero-order valence-electron chi connectivity index (χ0n) is 11.6. The second-order valence-electron chi connectivity index (χ2n) is 5.39. The summed E-state index contributed by atoms with van der Waals surface area (Å²) in [5, 5.41) is 12.1. The minimum atomic E-state index is 0.619. The van der Waals surface area contributed by atoms with Crippen LogP contribution in [0, 0.1) is 6.92 Å². The van der Waals surface area contributed by atoms with E-state index in [4.69, 9.17) is 0 Å². The maximum atomic E-state index is 4.49. The fourth-order valence-electron chi connectivity index (χ4n) is 2.71. The minimum absolute atomic E-state index is 0.619. The van der Waals surface area contributed by atoms with Crippen LogP contribution in [0.2, 0.25) is 0 Å². The van der Waals surface area contributed by atoms with E-state index in [0.717, 1.165) is 17.9 Å². The molecule has 0 aromatic carbocycles. The topological polar surface area (TPSA) is 47.7 Å². The van der Waals surface area contributed by atoms with Crippen molar-refractivity contribution >= 4 is 5.69 Å². The molecule has 1 N–H and O–H groups in total. The average Bonchev–Trinajstić information content (AvgIpc) is 3.11. The molecule has 19 heavy (non-hydrogen) atoms. The lowest BCUT2D eigenvalue weighted by molar-refractivity contribution is 0.466. The van der Waals surface area contributed by atoms with Gasteiger partial charge < -0.3 is 5.32 Å². The van der Waals surface area contributed by atoms with Gasteiger partial charge >= 0.3 is 0 Å². The van der Waals surface area contributed by atoms with E-state index >= 15 is 0 Å². The molecule has 1 fully saturated rings. The number of anilines is 1. The van der Waals surface area contributed by atoms with Gasteiger partial charge in [-0.3, -0.25) is 9.36 Å². The monoisotopic (exact) mass is 259 g/mol. The van der Waals surface area contributed by atoms with Crippen LogP contribution in [0.15, 0.2) is 18.6 Å². The molecule has 0 aliphatic heterocycles. The summed E-state index contributed by atoms with van der Waals surface area (Å²) >= 11 is 0. The molecule has 1 aliphatic rings. The van der Waals surface area contributed by atoms with Crippen LogP contribution in [0.5, 0.6) is 0 Å². The average molecular weight is 259 g/mol. The summed E-state index contributed by atoms with van der Waals surface area (Å²) in [6, 6.07) is 0.619. The third-order valence-corrected chi connectivity index (χ3v) is 4.07. The number of hydrogen-bond acceptors (Lipinski definition) is 3. The molecule has 102 valence electrons. The highest BCUT2D eigenvalue weighted by Crippen LogP contribution is 2.28. The molecular weight excluding hydrogens is 238 g/mol. The number of nitrogens with zero attached hydrogens (tertiary/aromatic N) is 4. The summed E-state index contributed by atoms with van der Waals surface area (Å²) in [7, 11) is 1.96. The predicted octanol–water partition coefficient (Wildman–Crippen LogP) is 2.65. The highest BCUT2D eigenvalue weighted by Gasteiger charge is 2.17. The van der Waals surface area contributed by atoms with Crippen LogP contribution in [0.4, 0.5) is 5.69 Å². The molecule has 5 nitrogen and oxygen atoms in total. The third kappa shape index (κ3) is 2.50. The van der Waals surface area contributed by atoms with Crippen molar-refractivity contribution in [3.8, 4) is 0 Å². The van der Waals surface area contributed by atoms with Crippen LogP contribution in [0.25, 0.3) is 0 Å². The molecule has 1 aliphatic carbocycles. The van der Waals surface area contributed by atoms with Crippen molar-refractivity contribution in [3.05, 3.63) is 29.8 Å². The Labute approximate surface area is 113 Å². The first-order chi connectivity index (χ1) is 9.24. The van der Waals surface area contributed by atoms with Crippen molar-refractivity contribution < 1.29 is 0 Å². The summed E-state index contributed by atoms with van der Waals surface area (Å²) in [5.74, 6) is 0. The molecule has 0 unspecified atom stereocenters. The van der Waals surface area contributed by atoms with E-state index < -0.39 is 0 Å². The quantitative estimate of drug-likeness (QED) is 0.918. The minimum Gasteiger partial charge on any atom is -0.378 e. The van der Waals surface area contributed by atoms with Gasteiger partial charge in [0.1, 0.15) is 0 Å². The SMILES string of the molecule is Cc1c(NCc2cnn(C3CCCC3)c2)cnn1C. The molecule has 2 heterocycles. The van der Waals surface area contributed by atoms with Gasteiger partial charge in [0, 0.05) is 25.4 Å². The second kappa shape index (κ2) is 5.07. The number of hydrogen-bond donors (Lipinski definition) is 1. The van der Waals surface area contributed by atoms with E-state index in [-0.39, 0.29) is 0 Å². The summed E-state index contributed by atoms with van der Waals surface area (Å²) in [6.07, 6.45) is 11.2. The molecule has 0 bridgehead atoms. The fourth-order valence-corrected chi connectivity index (χ4v) is 2.71. The standard InChI is InChI=1S/C14H21N5/c1-11-14(9-16-18(11)2)15-7-12-8-17-19(10-12)13-5-3-4-6-13/h8-10,13,15H,3-7H2,1-2H3. The van der Waals surface area contributed by atoms with Gasteiger partial charge in [-0.1, -0.05) is 12.8 Å². The lowest BCUT2D eigenvalue weighted by atomic mass is 10.2. The Hall–Kier alpha value is -1.78. The van der Waals surface area contributed by atoms with Crippen molar-refractivity contribution in [2.24, 2.45) is 7.05 Å². The Morgan fingerprint density at radius 2 is 2.05 bits per heavy atom.